The lowest BCUT2D eigenvalue weighted by molar-refractivity contribution is -0.129. The summed E-state index contributed by atoms with van der Waals surface area (Å²) < 4.78 is 29.9. The number of halogens is 1. The van der Waals surface area contributed by atoms with E-state index in [0.29, 0.717) is 37.9 Å². The van der Waals surface area contributed by atoms with Gasteiger partial charge in [-0.2, -0.15) is 0 Å². The third-order valence-electron chi connectivity index (χ3n) is 7.03. The number of hydrogen-bond donors (Lipinski definition) is 0. The molecule has 2 aliphatic rings. The Bertz CT molecular complexity index is 1360. The molecule has 2 atom stereocenters. The average molecular weight is 519 g/mol. The first-order valence-electron chi connectivity index (χ1n) is 12.7. The van der Waals surface area contributed by atoms with Crippen molar-refractivity contribution in [3.63, 3.8) is 0 Å². The standard InChI is InChI=1S/C29H31FN4O4/c1-4-28(35)34-20-7-8-21(34)18-33(17-20)29-23-16-22(38-14-13-36-2)9-11-25(23)31-27(32-29)12-6-19-5-10-24(30)26(15-19)37-3/h4-6,9-12,15-16,20-21H,1,7-8,13-14,17-18H2,2-3H3/b12-6+. The number of carbonyl (C=O) groups is 1. The van der Waals surface area contributed by atoms with Gasteiger partial charge in [-0.25, -0.2) is 14.4 Å². The summed E-state index contributed by atoms with van der Waals surface area (Å²) in [6, 6.07) is 10.7. The molecule has 5 rings (SSSR count). The second-order valence-corrected chi connectivity index (χ2v) is 9.39. The van der Waals surface area contributed by atoms with E-state index in [-0.39, 0.29) is 23.7 Å². The van der Waals surface area contributed by atoms with Gasteiger partial charge in [-0.05, 0) is 60.9 Å². The van der Waals surface area contributed by atoms with Crippen LogP contribution in [-0.4, -0.2) is 73.4 Å². The molecule has 0 aliphatic carbocycles. The van der Waals surface area contributed by atoms with Crippen LogP contribution in [0.3, 0.4) is 0 Å². The van der Waals surface area contributed by atoms with Gasteiger partial charge in [-0.15, -0.1) is 0 Å². The van der Waals surface area contributed by atoms with Crippen molar-refractivity contribution in [1.82, 2.24) is 14.9 Å². The van der Waals surface area contributed by atoms with Crippen molar-refractivity contribution in [3.8, 4) is 11.5 Å². The molecule has 9 heteroatoms. The molecule has 2 aliphatic heterocycles. The van der Waals surface area contributed by atoms with Crippen molar-refractivity contribution in [2.24, 2.45) is 0 Å². The first-order chi connectivity index (χ1) is 18.5. The van der Waals surface area contributed by atoms with E-state index in [4.69, 9.17) is 24.2 Å². The number of amides is 1. The van der Waals surface area contributed by atoms with Crippen LogP contribution in [0.5, 0.6) is 11.5 Å². The highest BCUT2D eigenvalue weighted by atomic mass is 19.1. The van der Waals surface area contributed by atoms with Gasteiger partial charge in [0.1, 0.15) is 18.2 Å². The summed E-state index contributed by atoms with van der Waals surface area (Å²) in [7, 11) is 3.07. The summed E-state index contributed by atoms with van der Waals surface area (Å²) in [5.41, 5.74) is 1.55. The molecule has 3 heterocycles. The molecule has 2 saturated heterocycles. The maximum absolute atomic E-state index is 13.8. The van der Waals surface area contributed by atoms with Crippen molar-refractivity contribution in [2.75, 3.05) is 45.4 Å². The SMILES string of the molecule is C=CC(=O)N1C2CCC1CN(c1nc(/C=C/c3ccc(F)c(OC)c3)nc3ccc(OCCOC)cc13)C2. The summed E-state index contributed by atoms with van der Waals surface area (Å²) in [6.07, 6.45) is 6.95. The molecule has 0 N–H and O–H groups in total. The molecule has 8 nitrogen and oxygen atoms in total. The Labute approximate surface area is 221 Å². The minimum atomic E-state index is -0.416. The van der Waals surface area contributed by atoms with Crippen molar-refractivity contribution in [1.29, 1.82) is 0 Å². The van der Waals surface area contributed by atoms with Crippen LogP contribution in [0.2, 0.25) is 0 Å². The Hall–Kier alpha value is -3.98. The van der Waals surface area contributed by atoms with Crippen molar-refractivity contribution in [2.45, 2.75) is 24.9 Å². The van der Waals surface area contributed by atoms with E-state index < -0.39 is 5.82 Å². The fraction of sp³-hybridized carbons (Fsp3) is 0.345. The quantitative estimate of drug-likeness (QED) is 0.308. The van der Waals surface area contributed by atoms with E-state index in [9.17, 15) is 9.18 Å². The lowest BCUT2D eigenvalue weighted by atomic mass is 10.1. The molecule has 0 spiro atoms. The highest BCUT2D eigenvalue weighted by Crippen LogP contribution is 2.36. The highest BCUT2D eigenvalue weighted by molar-refractivity contribution is 5.92. The van der Waals surface area contributed by atoms with E-state index in [1.54, 1.807) is 19.2 Å². The molecule has 2 aromatic carbocycles. The third-order valence-corrected chi connectivity index (χ3v) is 7.03. The molecule has 38 heavy (non-hydrogen) atoms. The van der Waals surface area contributed by atoms with Gasteiger partial charge in [0.25, 0.3) is 0 Å². The van der Waals surface area contributed by atoms with E-state index in [1.165, 1.54) is 19.3 Å². The number of methoxy groups -OCH3 is 2. The van der Waals surface area contributed by atoms with E-state index in [2.05, 4.69) is 11.5 Å². The number of ether oxygens (including phenoxy) is 3. The number of fused-ring (bicyclic) bond motifs is 3. The first kappa shape index (κ1) is 25.7. The van der Waals surface area contributed by atoms with Crippen molar-refractivity contribution < 1.29 is 23.4 Å². The second kappa shape index (κ2) is 11.2. The molecule has 0 radical (unpaired) electrons. The molecule has 3 aromatic rings. The molecule has 2 fully saturated rings. The summed E-state index contributed by atoms with van der Waals surface area (Å²) in [5, 5.41) is 0.878. The maximum atomic E-state index is 13.8. The Balaban J connectivity index is 1.51. The molecular formula is C29H31FN4O4. The fourth-order valence-electron chi connectivity index (χ4n) is 5.25. The van der Waals surface area contributed by atoms with Crippen LogP contribution < -0.4 is 14.4 Å². The normalized spacial score (nSPS) is 18.8. The van der Waals surface area contributed by atoms with Crippen molar-refractivity contribution >= 4 is 34.8 Å². The molecule has 1 aromatic heterocycles. The van der Waals surface area contributed by atoms with Crippen LogP contribution in [0, 0.1) is 5.82 Å². The fourth-order valence-corrected chi connectivity index (χ4v) is 5.25. The molecule has 0 saturated carbocycles. The van der Waals surface area contributed by atoms with Crippen LogP contribution in [0.4, 0.5) is 10.2 Å². The van der Waals surface area contributed by atoms with Gasteiger partial charge in [-0.3, -0.25) is 4.79 Å². The Morgan fingerprint density at radius 1 is 1.08 bits per heavy atom. The van der Waals surface area contributed by atoms with Crippen LogP contribution in [-0.2, 0) is 9.53 Å². The van der Waals surface area contributed by atoms with Crippen LogP contribution >= 0.6 is 0 Å². The number of anilines is 1. The Morgan fingerprint density at radius 2 is 1.87 bits per heavy atom. The summed E-state index contributed by atoms with van der Waals surface area (Å²) in [4.78, 5) is 26.4. The zero-order valence-electron chi connectivity index (χ0n) is 21.6. The monoisotopic (exact) mass is 518 g/mol. The predicted molar refractivity (Wildman–Crippen MR) is 145 cm³/mol. The summed E-state index contributed by atoms with van der Waals surface area (Å²) in [6.45, 7) is 5.96. The Kier molecular flexibility index (Phi) is 7.55. The number of hydrogen-bond acceptors (Lipinski definition) is 7. The summed E-state index contributed by atoms with van der Waals surface area (Å²) >= 11 is 0. The lowest BCUT2D eigenvalue weighted by Crippen LogP contribution is -2.55. The molecular weight excluding hydrogens is 487 g/mol. The predicted octanol–water partition coefficient (Wildman–Crippen LogP) is 4.34. The Morgan fingerprint density at radius 3 is 2.58 bits per heavy atom. The molecule has 2 unspecified atom stereocenters. The number of aromatic nitrogens is 2. The minimum Gasteiger partial charge on any atom is -0.494 e. The van der Waals surface area contributed by atoms with E-state index in [0.717, 1.165) is 35.1 Å². The zero-order valence-corrected chi connectivity index (χ0v) is 21.6. The number of piperazine rings is 1. The van der Waals surface area contributed by atoms with Gasteiger partial charge in [0.15, 0.2) is 17.4 Å². The minimum absolute atomic E-state index is 0.0168. The van der Waals surface area contributed by atoms with Gasteiger partial charge in [0.2, 0.25) is 5.91 Å². The number of nitrogens with zero attached hydrogens (tertiary/aromatic N) is 4. The van der Waals surface area contributed by atoms with Crippen LogP contribution in [0.1, 0.15) is 24.2 Å². The second-order valence-electron chi connectivity index (χ2n) is 9.39. The molecule has 2 bridgehead atoms. The molecule has 1 amide bonds. The van der Waals surface area contributed by atoms with Gasteiger partial charge in [0.05, 0.1) is 19.2 Å². The number of rotatable bonds is 9. The van der Waals surface area contributed by atoms with E-state index in [1.807, 2.05) is 35.3 Å². The largest absolute Gasteiger partial charge is 0.494 e. The topological polar surface area (TPSA) is 77.0 Å². The van der Waals surface area contributed by atoms with Gasteiger partial charge in [0, 0.05) is 37.7 Å². The average Bonchev–Trinajstić information content (AvgIpc) is 3.20. The van der Waals surface area contributed by atoms with Crippen LogP contribution in [0.15, 0.2) is 49.1 Å². The smallest absolute Gasteiger partial charge is 0.246 e. The van der Waals surface area contributed by atoms with Gasteiger partial charge < -0.3 is 24.0 Å². The zero-order chi connectivity index (χ0) is 26.6. The van der Waals surface area contributed by atoms with Crippen LogP contribution in [0.25, 0.3) is 23.1 Å². The highest BCUT2D eigenvalue weighted by Gasteiger charge is 2.42. The molecule has 198 valence electrons. The lowest BCUT2D eigenvalue weighted by Gasteiger charge is -2.41. The van der Waals surface area contributed by atoms with Gasteiger partial charge in [-0.1, -0.05) is 18.7 Å². The van der Waals surface area contributed by atoms with E-state index >= 15 is 0 Å². The maximum Gasteiger partial charge on any atom is 0.246 e. The number of benzene rings is 2. The third kappa shape index (κ3) is 5.19. The first-order valence-corrected chi connectivity index (χ1v) is 12.7. The number of carbonyl (C=O) groups excluding carboxylic acids is 1. The van der Waals surface area contributed by atoms with Crippen molar-refractivity contribution in [3.05, 3.63) is 66.3 Å². The summed E-state index contributed by atoms with van der Waals surface area (Å²) in [5.74, 6) is 1.78. The van der Waals surface area contributed by atoms with Gasteiger partial charge >= 0.3 is 0 Å².